The van der Waals surface area contributed by atoms with Crippen molar-refractivity contribution in [1.82, 2.24) is 0 Å². The molecule has 0 aliphatic rings. The van der Waals surface area contributed by atoms with Gasteiger partial charge in [-0.25, -0.2) is 4.79 Å². The van der Waals surface area contributed by atoms with E-state index in [9.17, 15) is 22.8 Å². The van der Waals surface area contributed by atoms with E-state index in [1.807, 2.05) is 0 Å². The zero-order valence-corrected chi connectivity index (χ0v) is 15.8. The van der Waals surface area contributed by atoms with Crippen LogP contribution in [0.2, 0.25) is 0 Å². The van der Waals surface area contributed by atoms with Gasteiger partial charge in [0.25, 0.3) is 5.91 Å². The van der Waals surface area contributed by atoms with Crippen LogP contribution >= 0.6 is 0 Å². The Labute approximate surface area is 164 Å². The summed E-state index contributed by atoms with van der Waals surface area (Å²) < 4.78 is 58.0. The van der Waals surface area contributed by atoms with Crippen LogP contribution in [0.15, 0.2) is 36.4 Å². The lowest BCUT2D eigenvalue weighted by Crippen LogP contribution is -2.21. The Morgan fingerprint density at radius 3 is 1.93 bits per heavy atom. The Kier molecular flexibility index (Phi) is 6.92. The number of hydrogen-bond donors (Lipinski definition) is 1. The molecule has 0 aromatic heterocycles. The lowest BCUT2D eigenvalue weighted by atomic mass is 10.1. The molecule has 0 saturated carbocycles. The van der Waals surface area contributed by atoms with Gasteiger partial charge in [-0.1, -0.05) is 0 Å². The highest BCUT2D eigenvalue weighted by Crippen LogP contribution is 2.39. The van der Waals surface area contributed by atoms with Gasteiger partial charge in [-0.3, -0.25) is 4.79 Å². The topological polar surface area (TPSA) is 83.1 Å². The molecular formula is C19H18F3NO6. The van der Waals surface area contributed by atoms with Gasteiger partial charge in [0, 0.05) is 17.8 Å². The molecule has 156 valence electrons. The Bertz CT molecular complexity index is 855. The number of benzene rings is 2. The molecule has 1 amide bonds. The van der Waals surface area contributed by atoms with Gasteiger partial charge in [0.15, 0.2) is 18.1 Å². The third-order valence-electron chi connectivity index (χ3n) is 3.73. The van der Waals surface area contributed by atoms with Crippen molar-refractivity contribution in [3.8, 4) is 17.2 Å². The van der Waals surface area contributed by atoms with Crippen molar-refractivity contribution in [1.29, 1.82) is 0 Å². The molecule has 2 aromatic rings. The number of alkyl halides is 3. The summed E-state index contributed by atoms with van der Waals surface area (Å²) in [6.07, 6.45) is -4.51. The minimum Gasteiger partial charge on any atom is -0.493 e. The molecular weight excluding hydrogens is 395 g/mol. The Morgan fingerprint density at radius 2 is 1.48 bits per heavy atom. The Balaban J connectivity index is 2.00. The highest BCUT2D eigenvalue weighted by molar-refractivity contribution is 5.96. The second kappa shape index (κ2) is 9.18. The number of carbonyl (C=O) groups is 2. The van der Waals surface area contributed by atoms with Gasteiger partial charge in [0.05, 0.1) is 32.5 Å². The monoisotopic (exact) mass is 413 g/mol. The van der Waals surface area contributed by atoms with Crippen molar-refractivity contribution in [2.75, 3.05) is 33.3 Å². The summed E-state index contributed by atoms with van der Waals surface area (Å²) >= 11 is 0. The van der Waals surface area contributed by atoms with Crippen LogP contribution in [0, 0.1) is 0 Å². The maximum absolute atomic E-state index is 12.5. The molecule has 0 fully saturated rings. The molecule has 2 aromatic carbocycles. The van der Waals surface area contributed by atoms with E-state index in [0.29, 0.717) is 22.9 Å². The van der Waals surface area contributed by atoms with E-state index in [-0.39, 0.29) is 5.56 Å². The largest absolute Gasteiger partial charge is 0.493 e. The highest BCUT2D eigenvalue weighted by atomic mass is 19.4. The molecule has 10 heteroatoms. The van der Waals surface area contributed by atoms with E-state index in [4.69, 9.17) is 18.9 Å². The minimum atomic E-state index is -4.51. The fourth-order valence-corrected chi connectivity index (χ4v) is 2.36. The van der Waals surface area contributed by atoms with E-state index >= 15 is 0 Å². The van der Waals surface area contributed by atoms with E-state index < -0.39 is 30.2 Å². The number of ether oxygens (including phenoxy) is 4. The summed E-state index contributed by atoms with van der Waals surface area (Å²) in [7, 11) is 4.25. The van der Waals surface area contributed by atoms with Gasteiger partial charge in [-0.05, 0) is 24.3 Å². The fraction of sp³-hybridized carbons (Fsp3) is 0.263. The molecule has 0 saturated heterocycles. The van der Waals surface area contributed by atoms with Crippen molar-refractivity contribution in [2.24, 2.45) is 0 Å². The first-order chi connectivity index (χ1) is 13.7. The number of anilines is 1. The number of esters is 1. The molecule has 0 aliphatic heterocycles. The van der Waals surface area contributed by atoms with Gasteiger partial charge >= 0.3 is 12.1 Å². The third kappa shape index (κ3) is 5.53. The molecule has 7 nitrogen and oxygen atoms in total. The van der Waals surface area contributed by atoms with Crippen LogP contribution in [0.5, 0.6) is 17.2 Å². The first-order valence-corrected chi connectivity index (χ1v) is 8.13. The SMILES string of the molecule is COc1cc(NC(=O)COC(=O)c2ccc(C(F)(F)F)cc2)cc(OC)c1OC. The van der Waals surface area contributed by atoms with Gasteiger partial charge in [0.1, 0.15) is 0 Å². The van der Waals surface area contributed by atoms with Crippen LogP contribution in [-0.2, 0) is 15.7 Å². The Morgan fingerprint density at radius 1 is 0.931 bits per heavy atom. The molecule has 0 bridgehead atoms. The van der Waals surface area contributed by atoms with Crippen molar-refractivity contribution in [2.45, 2.75) is 6.18 Å². The number of hydrogen-bond acceptors (Lipinski definition) is 6. The molecule has 0 radical (unpaired) electrons. The predicted molar refractivity (Wildman–Crippen MR) is 96.5 cm³/mol. The average Bonchev–Trinajstić information content (AvgIpc) is 2.70. The number of halogens is 3. The molecule has 0 spiro atoms. The van der Waals surface area contributed by atoms with Gasteiger partial charge in [-0.2, -0.15) is 13.2 Å². The van der Waals surface area contributed by atoms with Crippen molar-refractivity contribution < 1.29 is 41.7 Å². The lowest BCUT2D eigenvalue weighted by Gasteiger charge is -2.14. The third-order valence-corrected chi connectivity index (χ3v) is 3.73. The summed E-state index contributed by atoms with van der Waals surface area (Å²) in [6, 6.07) is 6.43. The van der Waals surface area contributed by atoms with E-state index in [1.165, 1.54) is 33.5 Å². The second-order valence-corrected chi connectivity index (χ2v) is 5.61. The standard InChI is InChI=1S/C19H18F3NO6/c1-26-14-8-13(9-15(27-2)17(14)28-3)23-16(24)10-29-18(25)11-4-6-12(7-5-11)19(20,21)22/h4-9H,10H2,1-3H3,(H,23,24). The number of nitrogens with one attached hydrogen (secondary N) is 1. The second-order valence-electron chi connectivity index (χ2n) is 5.61. The normalized spacial score (nSPS) is 10.8. The zero-order chi connectivity index (χ0) is 21.6. The van der Waals surface area contributed by atoms with Crippen LogP contribution in [0.3, 0.4) is 0 Å². The molecule has 0 atom stereocenters. The molecule has 1 N–H and O–H groups in total. The summed E-state index contributed by atoms with van der Waals surface area (Å²) in [5, 5.41) is 2.50. The highest BCUT2D eigenvalue weighted by Gasteiger charge is 2.30. The zero-order valence-electron chi connectivity index (χ0n) is 15.8. The summed E-state index contributed by atoms with van der Waals surface area (Å²) in [6.45, 7) is -0.642. The first kappa shape index (κ1) is 21.9. The quantitative estimate of drug-likeness (QED) is 0.700. The maximum atomic E-state index is 12.5. The van der Waals surface area contributed by atoms with Crippen molar-refractivity contribution in [3.63, 3.8) is 0 Å². The average molecular weight is 413 g/mol. The fourth-order valence-electron chi connectivity index (χ4n) is 2.36. The van der Waals surface area contributed by atoms with E-state index in [1.54, 1.807) is 0 Å². The van der Waals surface area contributed by atoms with E-state index in [2.05, 4.69) is 5.32 Å². The van der Waals surface area contributed by atoms with Crippen molar-refractivity contribution in [3.05, 3.63) is 47.5 Å². The molecule has 29 heavy (non-hydrogen) atoms. The summed E-state index contributed by atoms with van der Waals surface area (Å²) in [5.74, 6) is -0.646. The van der Waals surface area contributed by atoms with E-state index in [0.717, 1.165) is 24.3 Å². The smallest absolute Gasteiger partial charge is 0.416 e. The lowest BCUT2D eigenvalue weighted by molar-refractivity contribution is -0.137. The van der Waals surface area contributed by atoms with Crippen LogP contribution < -0.4 is 19.5 Å². The predicted octanol–water partition coefficient (Wildman–Crippen LogP) is 3.53. The van der Waals surface area contributed by atoms with Crippen LogP contribution in [0.4, 0.5) is 18.9 Å². The van der Waals surface area contributed by atoms with Crippen LogP contribution in [0.1, 0.15) is 15.9 Å². The van der Waals surface area contributed by atoms with Crippen LogP contribution in [-0.4, -0.2) is 39.8 Å². The molecule has 0 heterocycles. The van der Waals surface area contributed by atoms with Gasteiger partial charge in [-0.15, -0.1) is 0 Å². The van der Waals surface area contributed by atoms with Crippen LogP contribution in [0.25, 0.3) is 0 Å². The number of rotatable bonds is 7. The van der Waals surface area contributed by atoms with Gasteiger partial charge < -0.3 is 24.3 Å². The van der Waals surface area contributed by atoms with Gasteiger partial charge in [0.2, 0.25) is 5.75 Å². The Hall–Kier alpha value is -3.43. The molecule has 2 rings (SSSR count). The van der Waals surface area contributed by atoms with Crippen molar-refractivity contribution >= 4 is 17.6 Å². The first-order valence-electron chi connectivity index (χ1n) is 8.13. The maximum Gasteiger partial charge on any atom is 0.416 e. The number of carbonyl (C=O) groups excluding carboxylic acids is 2. The minimum absolute atomic E-state index is 0.112. The number of amides is 1. The molecule has 0 unspecified atom stereocenters. The molecule has 0 aliphatic carbocycles. The summed E-state index contributed by atoms with van der Waals surface area (Å²) in [4.78, 5) is 23.9. The summed E-state index contributed by atoms with van der Waals surface area (Å²) in [5.41, 5.74) is -0.706. The number of methoxy groups -OCH3 is 3.